The molecule has 3 N–H and O–H groups in total. The average molecular weight is 234 g/mol. The van der Waals surface area contributed by atoms with Crippen LogP contribution in [0.4, 0.5) is 0 Å². The summed E-state index contributed by atoms with van der Waals surface area (Å²) in [5.74, 6) is -1.17. The number of amides is 1. The number of nitrogens with one attached hydrogen (secondary N) is 1. The van der Waals surface area contributed by atoms with Crippen molar-refractivity contribution in [1.29, 1.82) is 5.26 Å². The molecule has 0 saturated carbocycles. The molecule has 0 fully saturated rings. The van der Waals surface area contributed by atoms with Crippen LogP contribution >= 0.6 is 0 Å². The van der Waals surface area contributed by atoms with Gasteiger partial charge in [-0.3, -0.25) is 4.79 Å². The molecular weight excluding hydrogens is 220 g/mol. The Labute approximate surface area is 99.3 Å². The van der Waals surface area contributed by atoms with E-state index in [0.29, 0.717) is 19.4 Å². The van der Waals surface area contributed by atoms with E-state index in [4.69, 9.17) is 5.26 Å². The minimum atomic E-state index is -0.435. The van der Waals surface area contributed by atoms with Gasteiger partial charge in [0.15, 0.2) is 11.5 Å². The Hall–Kier alpha value is -2.22. The first-order valence-corrected chi connectivity index (χ1v) is 5.33. The summed E-state index contributed by atoms with van der Waals surface area (Å²) in [5.41, 5.74) is 0.0466. The maximum atomic E-state index is 11.6. The number of benzene rings is 1. The predicted octanol–water partition coefficient (Wildman–Crippen LogP) is 1.52. The molecule has 5 heteroatoms. The van der Waals surface area contributed by atoms with Crippen molar-refractivity contribution in [3.8, 4) is 17.6 Å². The Morgan fingerprint density at radius 3 is 2.82 bits per heavy atom. The first-order chi connectivity index (χ1) is 8.16. The summed E-state index contributed by atoms with van der Waals surface area (Å²) in [5, 5.41) is 29.6. The van der Waals surface area contributed by atoms with Gasteiger partial charge in [0.05, 0.1) is 11.6 Å². The highest BCUT2D eigenvalue weighted by atomic mass is 16.3. The molecular formula is C12H14N2O3. The van der Waals surface area contributed by atoms with Gasteiger partial charge in [0.25, 0.3) is 5.91 Å². The third-order valence-electron chi connectivity index (χ3n) is 2.26. The Kier molecular flexibility index (Phi) is 4.82. The summed E-state index contributed by atoms with van der Waals surface area (Å²) in [4.78, 5) is 11.6. The topological polar surface area (TPSA) is 93.4 Å². The van der Waals surface area contributed by atoms with Crippen LogP contribution in [-0.4, -0.2) is 22.7 Å². The molecule has 0 aliphatic carbocycles. The van der Waals surface area contributed by atoms with Crippen molar-refractivity contribution in [3.05, 3.63) is 23.8 Å². The minimum absolute atomic E-state index is 0.0466. The first-order valence-electron chi connectivity index (χ1n) is 5.33. The molecule has 0 radical (unpaired) electrons. The largest absolute Gasteiger partial charge is 0.504 e. The fourth-order valence-electron chi connectivity index (χ4n) is 1.34. The molecule has 90 valence electrons. The van der Waals surface area contributed by atoms with E-state index in [0.717, 1.165) is 6.42 Å². The molecule has 0 bridgehead atoms. The summed E-state index contributed by atoms with van der Waals surface area (Å²) in [7, 11) is 0. The molecule has 0 atom stereocenters. The van der Waals surface area contributed by atoms with Crippen molar-refractivity contribution in [2.24, 2.45) is 0 Å². The van der Waals surface area contributed by atoms with Crippen LogP contribution in [0.1, 0.15) is 29.6 Å². The van der Waals surface area contributed by atoms with Crippen LogP contribution in [0.5, 0.6) is 11.5 Å². The van der Waals surface area contributed by atoms with Gasteiger partial charge in [0.2, 0.25) is 0 Å². The number of phenolic OH excluding ortho intramolecular Hbond substituents is 2. The summed E-state index contributed by atoms with van der Waals surface area (Å²) >= 11 is 0. The van der Waals surface area contributed by atoms with Crippen molar-refractivity contribution in [3.63, 3.8) is 0 Å². The monoisotopic (exact) mass is 234 g/mol. The zero-order chi connectivity index (χ0) is 12.7. The number of nitrogens with zero attached hydrogens (tertiary/aromatic N) is 1. The quantitative estimate of drug-likeness (QED) is 0.532. The van der Waals surface area contributed by atoms with Crippen LogP contribution in [0.3, 0.4) is 0 Å². The first kappa shape index (κ1) is 12.8. The van der Waals surface area contributed by atoms with Crippen LogP contribution in [0, 0.1) is 11.3 Å². The van der Waals surface area contributed by atoms with Gasteiger partial charge in [-0.2, -0.15) is 5.26 Å². The van der Waals surface area contributed by atoms with Crippen LogP contribution in [0.2, 0.25) is 0 Å². The lowest BCUT2D eigenvalue weighted by molar-refractivity contribution is 0.0949. The molecule has 1 amide bonds. The molecule has 0 spiro atoms. The van der Waals surface area contributed by atoms with Gasteiger partial charge >= 0.3 is 0 Å². The fourth-order valence-corrected chi connectivity index (χ4v) is 1.34. The molecule has 1 aromatic rings. The summed E-state index contributed by atoms with van der Waals surface area (Å²) in [6.45, 7) is 0.440. The number of hydrogen-bond acceptors (Lipinski definition) is 4. The number of rotatable bonds is 5. The van der Waals surface area contributed by atoms with Crippen LogP contribution < -0.4 is 5.32 Å². The van der Waals surface area contributed by atoms with E-state index in [1.54, 1.807) is 0 Å². The van der Waals surface area contributed by atoms with E-state index in [2.05, 4.69) is 5.32 Å². The van der Waals surface area contributed by atoms with E-state index in [1.165, 1.54) is 18.2 Å². The van der Waals surface area contributed by atoms with Crippen molar-refractivity contribution < 1.29 is 15.0 Å². The molecule has 0 aliphatic heterocycles. The van der Waals surface area contributed by atoms with Crippen LogP contribution in [0.25, 0.3) is 0 Å². The highest BCUT2D eigenvalue weighted by Gasteiger charge is 2.12. The number of carbonyl (C=O) groups excluding carboxylic acids is 1. The molecule has 0 aromatic heterocycles. The van der Waals surface area contributed by atoms with E-state index in [1.807, 2.05) is 6.07 Å². The summed E-state index contributed by atoms with van der Waals surface area (Å²) in [6.07, 6.45) is 1.90. The molecule has 0 aliphatic rings. The van der Waals surface area contributed by atoms with E-state index in [-0.39, 0.29) is 11.3 Å². The highest BCUT2D eigenvalue weighted by molar-refractivity contribution is 5.97. The van der Waals surface area contributed by atoms with Gasteiger partial charge in [-0.1, -0.05) is 6.07 Å². The number of unbranched alkanes of at least 4 members (excludes halogenated alkanes) is 2. The van der Waals surface area contributed by atoms with Crippen molar-refractivity contribution in [2.75, 3.05) is 6.54 Å². The molecule has 0 heterocycles. The molecule has 0 saturated heterocycles. The van der Waals surface area contributed by atoms with Gasteiger partial charge in [-0.05, 0) is 25.0 Å². The SMILES string of the molecule is N#CCCCCNC(=O)c1cccc(O)c1O. The number of carbonyl (C=O) groups is 1. The molecule has 5 nitrogen and oxygen atoms in total. The molecule has 17 heavy (non-hydrogen) atoms. The Balaban J connectivity index is 2.48. The van der Waals surface area contributed by atoms with Gasteiger partial charge in [0, 0.05) is 13.0 Å². The summed E-state index contributed by atoms with van der Waals surface area (Å²) < 4.78 is 0. The normalized spacial score (nSPS) is 9.59. The smallest absolute Gasteiger partial charge is 0.255 e. The third-order valence-corrected chi connectivity index (χ3v) is 2.26. The molecule has 0 unspecified atom stereocenters. The highest BCUT2D eigenvalue weighted by Crippen LogP contribution is 2.27. The van der Waals surface area contributed by atoms with Gasteiger partial charge in [-0.25, -0.2) is 0 Å². The Morgan fingerprint density at radius 2 is 2.12 bits per heavy atom. The second-order valence-electron chi connectivity index (χ2n) is 3.54. The average Bonchev–Trinajstić information content (AvgIpc) is 2.32. The van der Waals surface area contributed by atoms with E-state index in [9.17, 15) is 15.0 Å². The van der Waals surface area contributed by atoms with Gasteiger partial charge < -0.3 is 15.5 Å². The van der Waals surface area contributed by atoms with Gasteiger partial charge in [0.1, 0.15) is 0 Å². The lowest BCUT2D eigenvalue weighted by Gasteiger charge is -2.07. The van der Waals surface area contributed by atoms with E-state index < -0.39 is 11.7 Å². The summed E-state index contributed by atoms with van der Waals surface area (Å²) in [6, 6.07) is 6.24. The Morgan fingerprint density at radius 1 is 1.35 bits per heavy atom. The van der Waals surface area contributed by atoms with E-state index >= 15 is 0 Å². The van der Waals surface area contributed by atoms with Crippen LogP contribution in [-0.2, 0) is 0 Å². The zero-order valence-electron chi connectivity index (χ0n) is 9.31. The Bertz CT molecular complexity index is 438. The number of nitriles is 1. The maximum absolute atomic E-state index is 11.6. The fraction of sp³-hybridized carbons (Fsp3) is 0.333. The van der Waals surface area contributed by atoms with Crippen molar-refractivity contribution in [1.82, 2.24) is 5.32 Å². The standard InChI is InChI=1S/C12H14N2O3/c13-7-2-1-3-8-14-12(17)9-5-4-6-10(15)11(9)16/h4-6,15-16H,1-3,8H2,(H,14,17). The maximum Gasteiger partial charge on any atom is 0.255 e. The second-order valence-corrected chi connectivity index (χ2v) is 3.54. The molecule has 1 rings (SSSR count). The van der Waals surface area contributed by atoms with Gasteiger partial charge in [-0.15, -0.1) is 0 Å². The number of hydrogen-bond donors (Lipinski definition) is 3. The third kappa shape index (κ3) is 3.68. The van der Waals surface area contributed by atoms with Crippen molar-refractivity contribution in [2.45, 2.75) is 19.3 Å². The number of phenols is 2. The second kappa shape index (κ2) is 6.38. The zero-order valence-corrected chi connectivity index (χ0v) is 9.31. The van der Waals surface area contributed by atoms with Crippen LogP contribution in [0.15, 0.2) is 18.2 Å². The predicted molar refractivity (Wildman–Crippen MR) is 61.6 cm³/mol. The molecule has 1 aromatic carbocycles. The number of aromatic hydroxyl groups is 2. The lowest BCUT2D eigenvalue weighted by Crippen LogP contribution is -2.24. The number of para-hydroxylation sites is 1. The lowest BCUT2D eigenvalue weighted by atomic mass is 10.1. The van der Waals surface area contributed by atoms with Crippen molar-refractivity contribution >= 4 is 5.91 Å². The minimum Gasteiger partial charge on any atom is -0.504 e.